The first-order chi connectivity index (χ1) is 9.51. The van der Waals surface area contributed by atoms with Gasteiger partial charge in [-0.15, -0.1) is 0 Å². The Bertz CT molecular complexity index is 459. The molecule has 0 aliphatic rings. The summed E-state index contributed by atoms with van der Waals surface area (Å²) >= 11 is 0. The van der Waals surface area contributed by atoms with Gasteiger partial charge >= 0.3 is 11.9 Å². The topological polar surface area (TPSA) is 66.8 Å². The Hall–Kier alpha value is -1.88. The van der Waals surface area contributed by atoms with Gasteiger partial charge in [-0.25, -0.2) is 0 Å². The number of aliphatic carboxylic acids is 1. The zero-order valence-corrected chi connectivity index (χ0v) is 12.0. The lowest BCUT2D eigenvalue weighted by atomic mass is 10.1. The molecule has 0 radical (unpaired) electrons. The molecular weight excluding hydrogens is 258 g/mol. The van der Waals surface area contributed by atoms with E-state index in [4.69, 9.17) is 9.84 Å². The molecule has 1 N–H and O–H groups in total. The summed E-state index contributed by atoms with van der Waals surface area (Å²) < 4.78 is 4.85. The number of carbonyl (C=O) groups is 2. The molecule has 1 rings (SSSR count). The number of benzene rings is 1. The zero-order valence-electron chi connectivity index (χ0n) is 12.0. The Morgan fingerprint density at radius 3 is 2.70 bits per heavy atom. The number of carbonyl (C=O) groups excluding carboxylic acids is 1. The summed E-state index contributed by atoms with van der Waals surface area (Å²) in [6.45, 7) is 4.87. The van der Waals surface area contributed by atoms with Crippen molar-refractivity contribution in [1.29, 1.82) is 0 Å². The van der Waals surface area contributed by atoms with Crippen molar-refractivity contribution in [2.75, 3.05) is 19.7 Å². The number of aryl methyl sites for hydroxylation is 1. The summed E-state index contributed by atoms with van der Waals surface area (Å²) in [6, 6.07) is 7.89. The molecule has 1 aromatic carbocycles. The van der Waals surface area contributed by atoms with Crippen LogP contribution in [-0.2, 0) is 20.9 Å². The van der Waals surface area contributed by atoms with Gasteiger partial charge in [0.15, 0.2) is 0 Å². The number of hydrogen-bond acceptors (Lipinski definition) is 4. The number of ether oxygens (including phenoxy) is 1. The van der Waals surface area contributed by atoms with Crippen molar-refractivity contribution < 1.29 is 19.4 Å². The number of carboxylic acids is 1. The van der Waals surface area contributed by atoms with E-state index in [1.165, 1.54) is 0 Å². The zero-order chi connectivity index (χ0) is 15.0. The molecule has 0 spiro atoms. The highest BCUT2D eigenvalue weighted by atomic mass is 16.5. The maximum Gasteiger partial charge on any atom is 0.317 e. The van der Waals surface area contributed by atoms with Crippen LogP contribution < -0.4 is 0 Å². The third-order valence-electron chi connectivity index (χ3n) is 2.79. The molecule has 0 saturated carbocycles. The van der Waals surface area contributed by atoms with E-state index in [0.29, 0.717) is 19.7 Å². The molecule has 0 saturated heterocycles. The molecule has 0 amide bonds. The molecule has 0 aromatic heterocycles. The number of rotatable bonds is 8. The summed E-state index contributed by atoms with van der Waals surface area (Å²) in [7, 11) is 0. The summed E-state index contributed by atoms with van der Waals surface area (Å²) in [5.41, 5.74) is 2.17. The van der Waals surface area contributed by atoms with Gasteiger partial charge in [0.2, 0.25) is 0 Å². The minimum atomic E-state index is -0.901. The van der Waals surface area contributed by atoms with Crippen molar-refractivity contribution in [3.8, 4) is 0 Å². The van der Waals surface area contributed by atoms with Crippen LogP contribution in [0.1, 0.15) is 24.5 Å². The minimum absolute atomic E-state index is 0.0899. The van der Waals surface area contributed by atoms with Crippen LogP contribution in [-0.4, -0.2) is 41.6 Å². The maximum atomic E-state index is 11.3. The minimum Gasteiger partial charge on any atom is -0.480 e. The third kappa shape index (κ3) is 6.33. The average molecular weight is 279 g/mol. The van der Waals surface area contributed by atoms with Crippen LogP contribution in [0, 0.1) is 6.92 Å². The van der Waals surface area contributed by atoms with Crippen LogP contribution >= 0.6 is 0 Å². The van der Waals surface area contributed by atoms with E-state index in [1.807, 2.05) is 31.2 Å². The highest BCUT2D eigenvalue weighted by molar-refractivity contribution is 5.70. The van der Waals surface area contributed by atoms with E-state index in [0.717, 1.165) is 11.1 Å². The van der Waals surface area contributed by atoms with Gasteiger partial charge in [-0.3, -0.25) is 14.5 Å². The summed E-state index contributed by atoms with van der Waals surface area (Å²) in [6.07, 6.45) is 0.201. The molecule has 0 aliphatic heterocycles. The molecule has 1 aromatic rings. The first kappa shape index (κ1) is 16.2. The van der Waals surface area contributed by atoms with Gasteiger partial charge in [0.1, 0.15) is 0 Å². The second kappa shape index (κ2) is 8.32. The molecule has 0 aliphatic carbocycles. The third-order valence-corrected chi connectivity index (χ3v) is 2.79. The lowest BCUT2D eigenvalue weighted by Gasteiger charge is -2.20. The summed E-state index contributed by atoms with van der Waals surface area (Å²) in [5.74, 6) is -1.20. The van der Waals surface area contributed by atoms with Crippen LogP contribution in [0.5, 0.6) is 0 Å². The van der Waals surface area contributed by atoms with Crippen molar-refractivity contribution in [1.82, 2.24) is 4.90 Å². The molecule has 20 heavy (non-hydrogen) atoms. The number of esters is 1. The summed E-state index contributed by atoms with van der Waals surface area (Å²) in [4.78, 5) is 24.0. The van der Waals surface area contributed by atoms with E-state index in [2.05, 4.69) is 0 Å². The molecule has 5 heteroatoms. The second-order valence-electron chi connectivity index (χ2n) is 4.65. The van der Waals surface area contributed by atoms with Gasteiger partial charge in [-0.1, -0.05) is 29.8 Å². The number of hydrogen-bond donors (Lipinski definition) is 1. The van der Waals surface area contributed by atoms with Gasteiger partial charge in [0.05, 0.1) is 19.6 Å². The Kier molecular flexibility index (Phi) is 6.73. The van der Waals surface area contributed by atoms with Crippen molar-refractivity contribution >= 4 is 11.9 Å². The Morgan fingerprint density at radius 1 is 1.35 bits per heavy atom. The van der Waals surface area contributed by atoms with Crippen LogP contribution in [0.2, 0.25) is 0 Å². The molecule has 5 nitrogen and oxygen atoms in total. The lowest BCUT2D eigenvalue weighted by molar-refractivity contribution is -0.145. The Labute approximate surface area is 119 Å². The van der Waals surface area contributed by atoms with E-state index < -0.39 is 5.97 Å². The number of carboxylic acid groups (broad SMARTS) is 1. The normalized spacial score (nSPS) is 10.6. The van der Waals surface area contributed by atoms with Crippen molar-refractivity contribution in [2.24, 2.45) is 0 Å². The largest absolute Gasteiger partial charge is 0.480 e. The second-order valence-corrected chi connectivity index (χ2v) is 4.65. The van der Waals surface area contributed by atoms with Crippen LogP contribution in [0.25, 0.3) is 0 Å². The fourth-order valence-electron chi connectivity index (χ4n) is 1.96. The molecule has 0 bridgehead atoms. The summed E-state index contributed by atoms with van der Waals surface area (Å²) in [5, 5.41) is 8.93. The fraction of sp³-hybridized carbons (Fsp3) is 0.467. The molecule has 0 unspecified atom stereocenters. The monoisotopic (exact) mass is 279 g/mol. The van der Waals surface area contributed by atoms with Gasteiger partial charge in [-0.05, 0) is 19.4 Å². The smallest absolute Gasteiger partial charge is 0.317 e. The molecule has 0 heterocycles. The van der Waals surface area contributed by atoms with Crippen molar-refractivity contribution in [3.05, 3.63) is 35.4 Å². The Morgan fingerprint density at radius 2 is 2.10 bits per heavy atom. The van der Waals surface area contributed by atoms with Crippen LogP contribution in [0.3, 0.4) is 0 Å². The molecule has 0 fully saturated rings. The molecular formula is C15H21NO4. The van der Waals surface area contributed by atoms with Crippen LogP contribution in [0.15, 0.2) is 24.3 Å². The first-order valence-corrected chi connectivity index (χ1v) is 6.66. The SMILES string of the molecule is CCOC(=O)CCN(CC(=O)O)Cc1cccc(C)c1. The fourth-order valence-corrected chi connectivity index (χ4v) is 1.96. The van der Waals surface area contributed by atoms with Gasteiger partial charge < -0.3 is 9.84 Å². The van der Waals surface area contributed by atoms with Crippen molar-refractivity contribution in [2.45, 2.75) is 26.8 Å². The van der Waals surface area contributed by atoms with E-state index in [-0.39, 0.29) is 18.9 Å². The van der Waals surface area contributed by atoms with E-state index in [9.17, 15) is 9.59 Å². The highest BCUT2D eigenvalue weighted by Gasteiger charge is 2.13. The van der Waals surface area contributed by atoms with Gasteiger partial charge in [0, 0.05) is 13.1 Å². The van der Waals surface area contributed by atoms with Gasteiger partial charge in [-0.2, -0.15) is 0 Å². The number of nitrogens with zero attached hydrogens (tertiary/aromatic N) is 1. The predicted molar refractivity (Wildman–Crippen MR) is 75.3 cm³/mol. The average Bonchev–Trinajstić information content (AvgIpc) is 2.36. The highest BCUT2D eigenvalue weighted by Crippen LogP contribution is 2.08. The quantitative estimate of drug-likeness (QED) is 0.735. The predicted octanol–water partition coefficient (Wildman–Crippen LogP) is 1.83. The standard InChI is InChI=1S/C15H21NO4/c1-3-20-15(19)7-8-16(11-14(17)18)10-13-6-4-5-12(2)9-13/h4-6,9H,3,7-8,10-11H2,1-2H3,(H,17,18). The first-order valence-electron chi connectivity index (χ1n) is 6.66. The van der Waals surface area contributed by atoms with Crippen LogP contribution in [0.4, 0.5) is 0 Å². The lowest BCUT2D eigenvalue weighted by Crippen LogP contribution is -2.31. The molecule has 0 atom stereocenters. The van der Waals surface area contributed by atoms with Gasteiger partial charge in [0.25, 0.3) is 0 Å². The van der Waals surface area contributed by atoms with Crippen molar-refractivity contribution in [3.63, 3.8) is 0 Å². The Balaban J connectivity index is 2.59. The molecule has 110 valence electrons. The van der Waals surface area contributed by atoms with E-state index in [1.54, 1.807) is 11.8 Å². The maximum absolute atomic E-state index is 11.3. The van der Waals surface area contributed by atoms with E-state index >= 15 is 0 Å².